The van der Waals surface area contributed by atoms with Crippen LogP contribution in [0.1, 0.15) is 32.6 Å². The van der Waals surface area contributed by atoms with E-state index in [1.807, 2.05) is 0 Å². The van der Waals surface area contributed by atoms with Gasteiger partial charge in [0, 0.05) is 18.8 Å². The molecule has 4 nitrogen and oxygen atoms in total. The normalized spacial score (nSPS) is 9.50. The second-order valence-electron chi connectivity index (χ2n) is 3.29. The number of rotatable bonds is 8. The Morgan fingerprint density at radius 1 is 1.36 bits per heavy atom. The van der Waals surface area contributed by atoms with E-state index >= 15 is 0 Å². The highest BCUT2D eigenvalue weighted by Crippen LogP contribution is 1.97. The summed E-state index contributed by atoms with van der Waals surface area (Å²) in [5.74, 6) is 0.174. The molecule has 0 aromatic rings. The number of nitrogens with two attached hydrogens (primary N) is 2. The number of hydrogen-bond acceptors (Lipinski definition) is 2. The van der Waals surface area contributed by atoms with Gasteiger partial charge in [-0.1, -0.05) is 19.9 Å². The first-order chi connectivity index (χ1) is 6.66. The maximum absolute atomic E-state index is 5.19. The van der Waals surface area contributed by atoms with E-state index in [-0.39, 0.29) is 5.96 Å². The Morgan fingerprint density at radius 2 is 2.07 bits per heavy atom. The molecule has 0 aliphatic carbocycles. The van der Waals surface area contributed by atoms with Crippen molar-refractivity contribution in [2.75, 3.05) is 13.1 Å². The fourth-order valence-corrected chi connectivity index (χ4v) is 1.10. The van der Waals surface area contributed by atoms with Crippen molar-refractivity contribution in [1.29, 1.82) is 0 Å². The number of guanidine groups is 1. The van der Waals surface area contributed by atoms with Gasteiger partial charge in [0.05, 0.1) is 0 Å². The lowest BCUT2D eigenvalue weighted by Crippen LogP contribution is -2.23. The Labute approximate surface area is 86.5 Å². The van der Waals surface area contributed by atoms with Crippen LogP contribution >= 0.6 is 0 Å². The molecule has 0 rings (SSSR count). The second-order valence-corrected chi connectivity index (χ2v) is 3.29. The van der Waals surface area contributed by atoms with Gasteiger partial charge in [-0.3, -0.25) is 4.99 Å². The molecular weight excluding hydrogens is 176 g/mol. The molecule has 4 heteroatoms. The van der Waals surface area contributed by atoms with Gasteiger partial charge in [-0.2, -0.15) is 0 Å². The van der Waals surface area contributed by atoms with E-state index in [2.05, 4.69) is 23.8 Å². The zero-order valence-electron chi connectivity index (χ0n) is 9.05. The summed E-state index contributed by atoms with van der Waals surface area (Å²) in [4.78, 5) is 3.90. The highest BCUT2D eigenvalue weighted by Gasteiger charge is 1.91. The van der Waals surface area contributed by atoms with E-state index in [0.29, 0.717) is 6.54 Å². The molecule has 82 valence electrons. The number of aliphatic imine (C=N–C) groups is 1. The number of hydrogen-bond donors (Lipinski definition) is 3. The van der Waals surface area contributed by atoms with E-state index in [0.717, 1.165) is 37.9 Å². The van der Waals surface area contributed by atoms with Crippen LogP contribution in [0.4, 0.5) is 0 Å². The van der Waals surface area contributed by atoms with Crippen molar-refractivity contribution < 1.29 is 0 Å². The fraction of sp³-hybridized carbons (Fsp3) is 0.700. The monoisotopic (exact) mass is 198 g/mol. The van der Waals surface area contributed by atoms with Crippen LogP contribution in [0.2, 0.25) is 0 Å². The molecule has 14 heavy (non-hydrogen) atoms. The van der Waals surface area contributed by atoms with Crippen LogP contribution in [0.5, 0.6) is 0 Å². The van der Waals surface area contributed by atoms with Crippen LogP contribution in [-0.4, -0.2) is 19.0 Å². The molecule has 0 aromatic carbocycles. The number of allylic oxidation sites excluding steroid dienone is 1. The van der Waals surface area contributed by atoms with E-state index in [1.165, 1.54) is 0 Å². The maximum atomic E-state index is 5.19. The smallest absolute Gasteiger partial charge is 0.185 e. The Balaban J connectivity index is 3.21. The molecule has 0 radical (unpaired) electrons. The molecule has 0 spiro atoms. The van der Waals surface area contributed by atoms with Crippen LogP contribution < -0.4 is 16.8 Å². The Morgan fingerprint density at radius 3 is 2.64 bits per heavy atom. The molecule has 0 amide bonds. The zero-order chi connectivity index (χ0) is 10.8. The summed E-state index contributed by atoms with van der Waals surface area (Å²) in [6, 6.07) is 0. The van der Waals surface area contributed by atoms with Crippen molar-refractivity contribution in [1.82, 2.24) is 5.32 Å². The maximum Gasteiger partial charge on any atom is 0.185 e. The van der Waals surface area contributed by atoms with E-state index in [4.69, 9.17) is 11.5 Å². The molecule has 0 unspecified atom stereocenters. The lowest BCUT2D eigenvalue weighted by Gasteiger charge is -2.07. The number of nitrogens with one attached hydrogen (secondary N) is 1. The van der Waals surface area contributed by atoms with Crippen LogP contribution in [0, 0.1) is 0 Å². The summed E-state index contributed by atoms with van der Waals surface area (Å²) < 4.78 is 0. The molecular formula is C10H22N4. The molecule has 0 aliphatic rings. The minimum atomic E-state index is 0.174. The van der Waals surface area contributed by atoms with Crippen LogP contribution in [0.15, 0.2) is 17.3 Å². The van der Waals surface area contributed by atoms with Crippen LogP contribution in [0.25, 0.3) is 0 Å². The lowest BCUT2D eigenvalue weighted by molar-refractivity contribution is 0.663. The second kappa shape index (κ2) is 8.41. The molecule has 0 fully saturated rings. The van der Waals surface area contributed by atoms with Gasteiger partial charge in [-0.05, 0) is 19.3 Å². The summed E-state index contributed by atoms with van der Waals surface area (Å²) >= 11 is 0. The van der Waals surface area contributed by atoms with Gasteiger partial charge in [0.25, 0.3) is 0 Å². The van der Waals surface area contributed by atoms with Gasteiger partial charge < -0.3 is 16.8 Å². The van der Waals surface area contributed by atoms with Gasteiger partial charge in [0.1, 0.15) is 0 Å². The third-order valence-electron chi connectivity index (χ3n) is 1.81. The molecule has 0 bridgehead atoms. The predicted molar refractivity (Wildman–Crippen MR) is 62.0 cm³/mol. The number of unbranched alkanes of at least 4 members (excludes halogenated alkanes) is 1. The Kier molecular flexibility index (Phi) is 7.70. The summed E-state index contributed by atoms with van der Waals surface area (Å²) in [7, 11) is 0. The highest BCUT2D eigenvalue weighted by atomic mass is 15.0. The SMILES string of the molecule is C=C(CCC)NCCCCN=C(N)N. The summed E-state index contributed by atoms with van der Waals surface area (Å²) in [5, 5.41) is 3.27. The number of nitrogens with zero attached hydrogens (tertiary/aromatic N) is 1. The van der Waals surface area contributed by atoms with Crippen LogP contribution in [-0.2, 0) is 0 Å². The average molecular weight is 198 g/mol. The van der Waals surface area contributed by atoms with Crippen LogP contribution in [0.3, 0.4) is 0 Å². The van der Waals surface area contributed by atoms with Crippen molar-refractivity contribution in [2.45, 2.75) is 32.6 Å². The summed E-state index contributed by atoms with van der Waals surface area (Å²) in [5.41, 5.74) is 11.5. The predicted octanol–water partition coefficient (Wildman–Crippen LogP) is 0.943. The standard InChI is InChI=1S/C10H22N4/c1-3-6-9(2)13-7-4-5-8-14-10(11)12/h13H,2-8H2,1H3,(H4,11,12,14). The third-order valence-corrected chi connectivity index (χ3v) is 1.81. The lowest BCUT2D eigenvalue weighted by atomic mass is 10.2. The topological polar surface area (TPSA) is 76.4 Å². The van der Waals surface area contributed by atoms with Gasteiger partial charge in [-0.25, -0.2) is 0 Å². The molecule has 0 saturated carbocycles. The summed E-state index contributed by atoms with van der Waals surface area (Å²) in [6.45, 7) is 7.73. The van der Waals surface area contributed by atoms with E-state index in [1.54, 1.807) is 0 Å². The molecule has 0 aliphatic heterocycles. The molecule has 0 saturated heterocycles. The first kappa shape index (κ1) is 12.8. The Bertz CT molecular complexity index is 183. The van der Waals surface area contributed by atoms with Gasteiger partial charge in [0.2, 0.25) is 0 Å². The van der Waals surface area contributed by atoms with Gasteiger partial charge in [0.15, 0.2) is 5.96 Å². The quantitative estimate of drug-likeness (QED) is 0.309. The zero-order valence-corrected chi connectivity index (χ0v) is 9.05. The van der Waals surface area contributed by atoms with Gasteiger partial charge >= 0.3 is 0 Å². The van der Waals surface area contributed by atoms with Crippen molar-refractivity contribution in [3.8, 4) is 0 Å². The van der Waals surface area contributed by atoms with Gasteiger partial charge in [-0.15, -0.1) is 0 Å². The summed E-state index contributed by atoms with van der Waals surface area (Å²) in [6.07, 6.45) is 4.26. The third kappa shape index (κ3) is 8.90. The minimum Gasteiger partial charge on any atom is -0.389 e. The molecule has 0 aromatic heterocycles. The first-order valence-electron chi connectivity index (χ1n) is 5.13. The van der Waals surface area contributed by atoms with E-state index < -0.39 is 0 Å². The minimum absolute atomic E-state index is 0.174. The van der Waals surface area contributed by atoms with Crippen molar-refractivity contribution in [2.24, 2.45) is 16.5 Å². The average Bonchev–Trinajstić information content (AvgIpc) is 2.11. The van der Waals surface area contributed by atoms with Crippen molar-refractivity contribution >= 4 is 5.96 Å². The van der Waals surface area contributed by atoms with Crippen molar-refractivity contribution in [3.63, 3.8) is 0 Å². The molecule has 5 N–H and O–H groups in total. The Hall–Kier alpha value is -1.19. The van der Waals surface area contributed by atoms with Crippen molar-refractivity contribution in [3.05, 3.63) is 12.3 Å². The fourth-order valence-electron chi connectivity index (χ4n) is 1.10. The molecule has 0 atom stereocenters. The van der Waals surface area contributed by atoms with E-state index in [9.17, 15) is 0 Å². The molecule has 0 heterocycles. The first-order valence-corrected chi connectivity index (χ1v) is 5.13. The largest absolute Gasteiger partial charge is 0.389 e. The highest BCUT2D eigenvalue weighted by molar-refractivity contribution is 5.75.